The lowest BCUT2D eigenvalue weighted by molar-refractivity contribution is -0.119. The predicted octanol–water partition coefficient (Wildman–Crippen LogP) is 2.77. The average molecular weight is 360 g/mol. The fraction of sp³-hybridized carbons (Fsp3) is 0.750. The second kappa shape index (κ2) is 8.42. The van der Waals surface area contributed by atoms with Crippen molar-refractivity contribution in [1.82, 2.24) is 4.98 Å². The Balaban J connectivity index is 0.00000192. The molecule has 0 spiro atoms. The summed E-state index contributed by atoms with van der Waals surface area (Å²) >= 11 is 1.62. The number of rotatable bonds is 4. The molecule has 0 aromatic carbocycles. The van der Waals surface area contributed by atoms with Gasteiger partial charge in [0.05, 0.1) is 11.7 Å². The van der Waals surface area contributed by atoms with Gasteiger partial charge in [0, 0.05) is 18.1 Å². The predicted molar refractivity (Wildman–Crippen MR) is 95.3 cm³/mol. The van der Waals surface area contributed by atoms with Crippen molar-refractivity contribution in [2.24, 2.45) is 17.6 Å². The molecule has 1 aliphatic heterocycles. The van der Waals surface area contributed by atoms with Gasteiger partial charge < -0.3 is 15.8 Å². The number of hydrogen-bond donors (Lipinski definition) is 2. The van der Waals surface area contributed by atoms with Gasteiger partial charge in [0.2, 0.25) is 5.91 Å². The number of carbonyl (C=O) groups excluding carboxylic acids is 1. The molecule has 1 aromatic rings. The normalized spacial score (nSPS) is 22.8. The van der Waals surface area contributed by atoms with Crippen LogP contribution in [0.15, 0.2) is 0 Å². The first-order valence-corrected chi connectivity index (χ1v) is 9.11. The third kappa shape index (κ3) is 4.44. The molecule has 0 bridgehead atoms. The van der Waals surface area contributed by atoms with Gasteiger partial charge in [-0.3, -0.25) is 4.79 Å². The minimum Gasteiger partial charge on any atom is -0.381 e. The Morgan fingerprint density at radius 2 is 2.17 bits per heavy atom. The van der Waals surface area contributed by atoms with Crippen LogP contribution >= 0.6 is 23.7 Å². The molecule has 1 saturated heterocycles. The molecule has 3 N–H and O–H groups in total. The number of nitrogens with one attached hydrogen (secondary N) is 1. The summed E-state index contributed by atoms with van der Waals surface area (Å²) in [5.74, 6) is 0.874. The zero-order chi connectivity index (χ0) is 15.5. The molecule has 23 heavy (non-hydrogen) atoms. The summed E-state index contributed by atoms with van der Waals surface area (Å²) in [5.41, 5.74) is 7.29. The molecule has 1 amide bonds. The second-order valence-electron chi connectivity index (χ2n) is 6.37. The lowest BCUT2D eigenvalue weighted by atomic mass is 9.89. The molecule has 1 aromatic heterocycles. The maximum Gasteiger partial charge on any atom is 0.243 e. The van der Waals surface area contributed by atoms with Crippen molar-refractivity contribution in [3.8, 4) is 0 Å². The molecular weight excluding hydrogens is 334 g/mol. The highest BCUT2D eigenvalue weighted by Gasteiger charge is 2.28. The van der Waals surface area contributed by atoms with Gasteiger partial charge in [0.1, 0.15) is 0 Å². The lowest BCUT2D eigenvalue weighted by Crippen LogP contribution is -2.43. The molecule has 2 aliphatic rings. The van der Waals surface area contributed by atoms with Crippen molar-refractivity contribution in [2.45, 2.75) is 51.5 Å². The second-order valence-corrected chi connectivity index (χ2v) is 7.45. The Morgan fingerprint density at radius 1 is 1.43 bits per heavy atom. The molecule has 1 fully saturated rings. The van der Waals surface area contributed by atoms with Crippen molar-refractivity contribution in [3.05, 3.63) is 10.6 Å². The van der Waals surface area contributed by atoms with Crippen LogP contribution in [0.25, 0.3) is 0 Å². The average Bonchev–Trinajstić information content (AvgIpc) is 2.95. The van der Waals surface area contributed by atoms with Gasteiger partial charge in [-0.05, 0) is 43.9 Å². The SMILES string of the molecule is CCC1CCc2nc(NC(=O)C(N)C3CCOCC3)sc2C1.Cl. The fourth-order valence-corrected chi connectivity index (χ4v) is 4.45. The molecule has 2 heterocycles. The summed E-state index contributed by atoms with van der Waals surface area (Å²) in [6.45, 7) is 3.65. The zero-order valence-corrected chi connectivity index (χ0v) is 15.2. The van der Waals surface area contributed by atoms with E-state index in [-0.39, 0.29) is 24.2 Å². The highest BCUT2D eigenvalue weighted by Crippen LogP contribution is 2.33. The minimum atomic E-state index is -0.465. The molecular formula is C16H26ClN3O2S. The minimum absolute atomic E-state index is 0. The van der Waals surface area contributed by atoms with Crippen LogP contribution in [0, 0.1) is 11.8 Å². The Kier molecular flexibility index (Phi) is 6.83. The van der Waals surface area contributed by atoms with Gasteiger partial charge in [-0.1, -0.05) is 13.3 Å². The summed E-state index contributed by atoms with van der Waals surface area (Å²) < 4.78 is 5.33. The third-order valence-corrected chi connectivity index (χ3v) is 5.96. The van der Waals surface area contributed by atoms with Crippen LogP contribution in [0.3, 0.4) is 0 Å². The molecule has 2 atom stereocenters. The van der Waals surface area contributed by atoms with E-state index in [9.17, 15) is 4.79 Å². The molecule has 2 unspecified atom stereocenters. The van der Waals surface area contributed by atoms with Crippen LogP contribution < -0.4 is 11.1 Å². The number of halogens is 1. The van der Waals surface area contributed by atoms with Crippen LogP contribution in [0.1, 0.15) is 43.2 Å². The van der Waals surface area contributed by atoms with Crippen LogP contribution in [0.5, 0.6) is 0 Å². The molecule has 0 radical (unpaired) electrons. The van der Waals surface area contributed by atoms with E-state index in [1.54, 1.807) is 11.3 Å². The zero-order valence-electron chi connectivity index (χ0n) is 13.5. The van der Waals surface area contributed by atoms with E-state index < -0.39 is 6.04 Å². The molecule has 130 valence electrons. The monoisotopic (exact) mass is 359 g/mol. The van der Waals surface area contributed by atoms with Crippen molar-refractivity contribution in [2.75, 3.05) is 18.5 Å². The number of nitrogens with two attached hydrogens (primary N) is 1. The van der Waals surface area contributed by atoms with Gasteiger partial charge >= 0.3 is 0 Å². The van der Waals surface area contributed by atoms with E-state index >= 15 is 0 Å². The number of ether oxygens (including phenoxy) is 1. The van der Waals surface area contributed by atoms with Gasteiger partial charge in [0.15, 0.2) is 5.13 Å². The molecule has 7 heteroatoms. The number of aromatic nitrogens is 1. The van der Waals surface area contributed by atoms with E-state index in [1.807, 2.05) is 0 Å². The number of aryl methyl sites for hydroxylation is 1. The van der Waals surface area contributed by atoms with E-state index in [2.05, 4.69) is 17.2 Å². The quantitative estimate of drug-likeness (QED) is 0.866. The number of anilines is 1. The van der Waals surface area contributed by atoms with Gasteiger partial charge in [-0.25, -0.2) is 4.98 Å². The van der Waals surface area contributed by atoms with Crippen LogP contribution in [-0.2, 0) is 22.4 Å². The summed E-state index contributed by atoms with van der Waals surface area (Å²) in [4.78, 5) is 18.3. The Labute approximate surface area is 147 Å². The largest absolute Gasteiger partial charge is 0.381 e. The van der Waals surface area contributed by atoms with Crippen molar-refractivity contribution >= 4 is 34.8 Å². The number of amides is 1. The Hall–Kier alpha value is -0.690. The molecule has 5 nitrogen and oxygen atoms in total. The van der Waals surface area contributed by atoms with Gasteiger partial charge in [-0.2, -0.15) is 0 Å². The van der Waals surface area contributed by atoms with Gasteiger partial charge in [0.25, 0.3) is 0 Å². The smallest absolute Gasteiger partial charge is 0.243 e. The lowest BCUT2D eigenvalue weighted by Gasteiger charge is -2.26. The topological polar surface area (TPSA) is 77.2 Å². The first kappa shape index (κ1) is 18.6. The van der Waals surface area contributed by atoms with E-state index in [4.69, 9.17) is 10.5 Å². The van der Waals surface area contributed by atoms with Crippen molar-refractivity contribution < 1.29 is 9.53 Å². The Morgan fingerprint density at radius 3 is 2.87 bits per heavy atom. The third-order valence-electron chi connectivity index (χ3n) is 4.93. The summed E-state index contributed by atoms with van der Waals surface area (Å²) in [6, 6.07) is -0.465. The fourth-order valence-electron chi connectivity index (χ4n) is 3.32. The number of hydrogen-bond acceptors (Lipinski definition) is 5. The van der Waals surface area contributed by atoms with Crippen LogP contribution in [-0.4, -0.2) is 30.1 Å². The maximum atomic E-state index is 12.3. The first-order chi connectivity index (χ1) is 10.7. The van der Waals surface area contributed by atoms with Gasteiger partial charge in [-0.15, -0.1) is 23.7 Å². The summed E-state index contributed by atoms with van der Waals surface area (Å²) in [5, 5.41) is 3.65. The van der Waals surface area contributed by atoms with Crippen molar-refractivity contribution in [3.63, 3.8) is 0 Å². The van der Waals surface area contributed by atoms with E-state index in [1.165, 1.54) is 23.4 Å². The first-order valence-electron chi connectivity index (χ1n) is 8.30. The molecule has 0 saturated carbocycles. The standard InChI is InChI=1S/C16H25N3O2S.ClH/c1-2-10-3-4-12-13(9-10)22-16(18-12)19-15(20)14(17)11-5-7-21-8-6-11;/h10-11,14H,2-9,17H2,1H3,(H,18,19,20);1H. The summed E-state index contributed by atoms with van der Waals surface area (Å²) in [7, 11) is 0. The molecule has 1 aliphatic carbocycles. The number of nitrogens with zero attached hydrogens (tertiary/aromatic N) is 1. The molecule has 3 rings (SSSR count). The maximum absolute atomic E-state index is 12.3. The Bertz CT molecular complexity index is 531. The number of fused-ring (bicyclic) bond motifs is 1. The van der Waals surface area contributed by atoms with Crippen molar-refractivity contribution in [1.29, 1.82) is 0 Å². The van der Waals surface area contributed by atoms with Crippen LogP contribution in [0.4, 0.5) is 5.13 Å². The highest BCUT2D eigenvalue weighted by molar-refractivity contribution is 7.15. The van der Waals surface area contributed by atoms with E-state index in [0.717, 1.165) is 31.6 Å². The van der Waals surface area contributed by atoms with E-state index in [0.29, 0.717) is 18.3 Å². The number of thiazole rings is 1. The number of carbonyl (C=O) groups is 1. The van der Waals surface area contributed by atoms with Crippen LogP contribution in [0.2, 0.25) is 0 Å². The highest BCUT2D eigenvalue weighted by atomic mass is 35.5. The summed E-state index contributed by atoms with van der Waals surface area (Å²) in [6.07, 6.45) is 6.29.